The molecule has 7 N–H and O–H groups in total. The lowest BCUT2D eigenvalue weighted by molar-refractivity contribution is -0.192. The molecule has 0 aliphatic heterocycles. The predicted molar refractivity (Wildman–Crippen MR) is 187 cm³/mol. The predicted octanol–water partition coefficient (Wildman–Crippen LogP) is 2.76. The first-order valence-electron chi connectivity index (χ1n) is 15.8. The van der Waals surface area contributed by atoms with Crippen molar-refractivity contribution in [1.29, 1.82) is 0 Å². The second-order valence-electron chi connectivity index (χ2n) is 11.4. The number of rotatable bonds is 15. The molecule has 1 aromatic carbocycles. The van der Waals surface area contributed by atoms with Crippen LogP contribution in [0.2, 0.25) is 0 Å². The van der Waals surface area contributed by atoms with Gasteiger partial charge in [-0.05, 0) is 59.7 Å². The Morgan fingerprint density at radius 3 is 1.35 bits per heavy atom. The minimum atomic E-state index is -5.08. The van der Waals surface area contributed by atoms with Gasteiger partial charge in [0.1, 0.15) is 0 Å². The first kappa shape index (κ1) is 42.7. The highest BCUT2D eigenvalue weighted by atomic mass is 19.4. The topological polar surface area (TPSA) is 258 Å². The van der Waals surface area contributed by atoms with E-state index in [9.17, 15) is 52.8 Å². The van der Waals surface area contributed by atoms with E-state index in [0.717, 1.165) is 16.7 Å². The quantitative estimate of drug-likeness (QED) is 0.0951. The molecule has 3 heterocycles. The molecule has 0 bridgehead atoms. The molecule has 0 aliphatic rings. The summed E-state index contributed by atoms with van der Waals surface area (Å²) in [5.74, 6) is -1.64. The molecule has 0 saturated heterocycles. The maximum absolute atomic E-state index is 11.3. The Hall–Kier alpha value is -6.75. The van der Waals surface area contributed by atoms with Gasteiger partial charge in [-0.3, -0.25) is 29.0 Å². The van der Waals surface area contributed by atoms with Crippen LogP contribution in [0.3, 0.4) is 0 Å². The van der Waals surface area contributed by atoms with Gasteiger partial charge in [-0.25, -0.2) is 19.7 Å². The van der Waals surface area contributed by atoms with Gasteiger partial charge in [0.2, 0.25) is 0 Å². The Morgan fingerprint density at radius 1 is 0.600 bits per heavy atom. The van der Waals surface area contributed by atoms with Gasteiger partial charge in [0.05, 0.1) is 66.9 Å². The molecule has 3 aromatic heterocycles. The molecule has 55 heavy (non-hydrogen) atoms. The molecule has 0 unspecified atom stereocenters. The maximum Gasteiger partial charge on any atom is 0.490 e. The molecule has 0 atom stereocenters. The fourth-order valence-electron chi connectivity index (χ4n) is 4.84. The second-order valence-corrected chi connectivity index (χ2v) is 11.4. The third kappa shape index (κ3) is 14.7. The zero-order valence-corrected chi connectivity index (χ0v) is 28.6. The van der Waals surface area contributed by atoms with Crippen LogP contribution >= 0.6 is 0 Å². The Kier molecular flexibility index (Phi) is 15.4. The first-order chi connectivity index (χ1) is 25.9. The molecule has 0 fully saturated rings. The second kappa shape index (κ2) is 19.9. The molecule has 0 spiro atoms. The number of nitrogens with zero attached hydrogens (tertiary/aromatic N) is 5. The number of benzene rings is 1. The summed E-state index contributed by atoms with van der Waals surface area (Å²) in [6.07, 6.45) is -5.08. The first-order valence-corrected chi connectivity index (χ1v) is 15.8. The van der Waals surface area contributed by atoms with E-state index in [1.165, 1.54) is 9.80 Å². The van der Waals surface area contributed by atoms with Crippen LogP contribution in [0.1, 0.15) is 17.0 Å². The van der Waals surface area contributed by atoms with Crippen molar-refractivity contribution in [1.82, 2.24) is 24.8 Å². The molecular formula is C36H33F3N6O10. The van der Waals surface area contributed by atoms with Crippen LogP contribution in [0, 0.1) is 11.8 Å². The summed E-state index contributed by atoms with van der Waals surface area (Å²) < 4.78 is 31.7. The number of carboxylic acids is 5. The number of alkyl halides is 3. The van der Waals surface area contributed by atoms with Crippen molar-refractivity contribution >= 4 is 29.8 Å². The maximum atomic E-state index is 11.3. The van der Waals surface area contributed by atoms with Gasteiger partial charge in [0.25, 0.3) is 0 Å². The molecule has 4 rings (SSSR count). The van der Waals surface area contributed by atoms with Gasteiger partial charge in [-0.15, -0.1) is 0 Å². The molecule has 0 radical (unpaired) electrons. The van der Waals surface area contributed by atoms with Crippen LogP contribution in [-0.2, 0) is 37.1 Å². The number of pyridine rings is 3. The molecular weight excluding hydrogens is 733 g/mol. The fraction of sp³-hybridized carbons (Fsp3) is 0.222. The van der Waals surface area contributed by atoms with Crippen LogP contribution in [0.25, 0.3) is 33.9 Å². The highest BCUT2D eigenvalue weighted by molar-refractivity contribution is 5.76. The van der Waals surface area contributed by atoms with Crippen LogP contribution in [0.4, 0.5) is 13.2 Å². The Bertz CT molecular complexity index is 1950. The van der Waals surface area contributed by atoms with E-state index < -0.39 is 62.2 Å². The standard InChI is InChI=1S/C34H32N6O8.C2HF3O2/c35-13-3-4-22-9-11-23(12-10-22)24-14-29(27-7-1-5-25(36-27)16-39(18-31(41)42)19-32(43)44)38-30(15-24)28-8-2-6-26(37-28)17-40(20-33(45)46)21-34(47)48;3-2(4,5)1(6)7/h1-2,5-12,14-15H,13,16-21,35H2,(H,41,42)(H,43,44)(H,45,46)(H,47,48);(H,6,7). The summed E-state index contributed by atoms with van der Waals surface area (Å²) >= 11 is 0. The lowest BCUT2D eigenvalue weighted by Gasteiger charge is -2.18. The Labute approximate surface area is 310 Å². The van der Waals surface area contributed by atoms with Crippen LogP contribution in [0.15, 0.2) is 72.8 Å². The van der Waals surface area contributed by atoms with Gasteiger partial charge < -0.3 is 31.3 Å². The summed E-state index contributed by atoms with van der Waals surface area (Å²) in [5, 5.41) is 44.1. The SMILES string of the molecule is NCC#Cc1ccc(-c2cc(-c3cccc(CN(CC(=O)O)CC(=O)O)n3)nc(-c3cccc(CN(CC(=O)O)CC(=O)O)n3)c2)cc1.O=C(O)C(F)(F)F. The smallest absolute Gasteiger partial charge is 0.480 e. The van der Waals surface area contributed by atoms with E-state index in [-0.39, 0.29) is 19.6 Å². The summed E-state index contributed by atoms with van der Waals surface area (Å²) in [7, 11) is 0. The van der Waals surface area contributed by atoms with Crippen molar-refractivity contribution in [2.24, 2.45) is 5.73 Å². The summed E-state index contributed by atoms with van der Waals surface area (Å²) in [6, 6.07) is 21.4. The minimum absolute atomic E-state index is 0.0307. The summed E-state index contributed by atoms with van der Waals surface area (Å²) in [4.78, 5) is 70.9. The van der Waals surface area contributed by atoms with Crippen molar-refractivity contribution in [2.75, 3.05) is 32.7 Å². The molecule has 4 aromatic rings. The van der Waals surface area contributed by atoms with Crippen molar-refractivity contribution < 1.29 is 62.7 Å². The largest absolute Gasteiger partial charge is 0.490 e. The van der Waals surface area contributed by atoms with Crippen molar-refractivity contribution in [3.05, 3.63) is 89.7 Å². The number of hydrogen-bond acceptors (Lipinski definition) is 11. The van der Waals surface area contributed by atoms with E-state index in [2.05, 4.69) is 21.8 Å². The zero-order chi connectivity index (χ0) is 40.7. The molecule has 0 saturated carbocycles. The highest BCUT2D eigenvalue weighted by Gasteiger charge is 2.38. The molecule has 16 nitrogen and oxygen atoms in total. The number of carbonyl (C=O) groups is 5. The van der Waals surface area contributed by atoms with Gasteiger partial charge >= 0.3 is 36.0 Å². The van der Waals surface area contributed by atoms with Gasteiger partial charge in [-0.2, -0.15) is 13.2 Å². The lowest BCUT2D eigenvalue weighted by Crippen LogP contribution is -2.34. The normalized spacial score (nSPS) is 10.9. The Balaban J connectivity index is 0.00000106. The number of aliphatic carboxylic acids is 5. The van der Waals surface area contributed by atoms with E-state index in [0.29, 0.717) is 34.2 Å². The monoisotopic (exact) mass is 766 g/mol. The van der Waals surface area contributed by atoms with Crippen molar-refractivity contribution in [2.45, 2.75) is 19.3 Å². The number of aromatic nitrogens is 3. The Morgan fingerprint density at radius 2 is 1.00 bits per heavy atom. The molecule has 0 aliphatic carbocycles. The summed E-state index contributed by atoms with van der Waals surface area (Å²) in [6.45, 7) is -1.78. The van der Waals surface area contributed by atoms with Crippen LogP contribution in [0.5, 0.6) is 0 Å². The van der Waals surface area contributed by atoms with Crippen LogP contribution < -0.4 is 5.73 Å². The summed E-state index contributed by atoms with van der Waals surface area (Å²) in [5.41, 5.74) is 10.5. The third-order valence-electron chi connectivity index (χ3n) is 6.97. The molecule has 19 heteroatoms. The number of halogens is 3. The van der Waals surface area contributed by atoms with E-state index in [4.69, 9.17) is 20.6 Å². The van der Waals surface area contributed by atoms with E-state index in [1.54, 1.807) is 36.4 Å². The third-order valence-corrected chi connectivity index (χ3v) is 6.97. The molecule has 288 valence electrons. The number of hydrogen-bond donors (Lipinski definition) is 6. The van der Waals surface area contributed by atoms with Crippen molar-refractivity contribution in [3.63, 3.8) is 0 Å². The number of nitrogens with two attached hydrogens (primary N) is 1. The van der Waals surface area contributed by atoms with Gasteiger partial charge in [0.15, 0.2) is 0 Å². The fourth-order valence-corrected chi connectivity index (χ4v) is 4.84. The minimum Gasteiger partial charge on any atom is -0.480 e. The van der Waals surface area contributed by atoms with Crippen LogP contribution in [-0.4, -0.2) is 119 Å². The van der Waals surface area contributed by atoms with Gasteiger partial charge in [0, 0.05) is 18.7 Å². The average Bonchev–Trinajstić information content (AvgIpc) is 3.09. The molecule has 0 amide bonds. The van der Waals surface area contributed by atoms with E-state index in [1.807, 2.05) is 36.4 Å². The number of carboxylic acid groups (broad SMARTS) is 5. The lowest BCUT2D eigenvalue weighted by atomic mass is 10.0. The zero-order valence-electron chi connectivity index (χ0n) is 28.6. The van der Waals surface area contributed by atoms with Gasteiger partial charge in [-0.1, -0.05) is 36.1 Å². The van der Waals surface area contributed by atoms with E-state index >= 15 is 0 Å². The van der Waals surface area contributed by atoms with Crippen molar-refractivity contribution in [3.8, 4) is 45.7 Å². The average molecular weight is 767 g/mol. The highest BCUT2D eigenvalue weighted by Crippen LogP contribution is 2.30.